The molecule has 1 aromatic rings. The first kappa shape index (κ1) is 7.98. The van der Waals surface area contributed by atoms with Gasteiger partial charge in [0, 0.05) is 6.04 Å². The molecular formula is C8H12N2O. The molecule has 0 amide bonds. The highest BCUT2D eigenvalue weighted by Crippen LogP contribution is 2.10. The fraction of sp³-hybridized carbons (Fsp3) is 0.500. The van der Waals surface area contributed by atoms with Crippen LogP contribution in [0.3, 0.4) is 0 Å². The summed E-state index contributed by atoms with van der Waals surface area (Å²) in [4.78, 5) is 14.3. The Hall–Kier alpha value is -1.12. The fourth-order valence-electron chi connectivity index (χ4n) is 0.971. The highest BCUT2D eigenvalue weighted by atomic mass is 16.1. The van der Waals surface area contributed by atoms with Crippen LogP contribution in [-0.4, -0.2) is 15.8 Å². The molecule has 0 saturated carbocycles. The molecule has 3 heteroatoms. The summed E-state index contributed by atoms with van der Waals surface area (Å²) >= 11 is 0. The van der Waals surface area contributed by atoms with Crippen molar-refractivity contribution in [1.82, 2.24) is 9.55 Å². The van der Waals surface area contributed by atoms with Gasteiger partial charge in [-0.3, -0.25) is 4.79 Å². The average Bonchev–Trinajstić information content (AvgIpc) is 2.50. The standard InChI is InChI=1S/C8H12N2O/c1-3-7(2)10-6-9-4-8(10)5-11/h4-7H,3H2,1-2H3. The Labute approximate surface area is 66.1 Å². The van der Waals surface area contributed by atoms with Crippen LogP contribution in [0.5, 0.6) is 0 Å². The Balaban J connectivity index is 2.92. The van der Waals surface area contributed by atoms with Crippen LogP contribution in [0.25, 0.3) is 0 Å². The summed E-state index contributed by atoms with van der Waals surface area (Å²) in [7, 11) is 0. The zero-order valence-corrected chi connectivity index (χ0v) is 6.82. The van der Waals surface area contributed by atoms with Crippen molar-refractivity contribution in [3.63, 3.8) is 0 Å². The van der Waals surface area contributed by atoms with Gasteiger partial charge in [0.25, 0.3) is 0 Å². The van der Waals surface area contributed by atoms with Crippen LogP contribution in [-0.2, 0) is 0 Å². The van der Waals surface area contributed by atoms with Gasteiger partial charge in [0.05, 0.1) is 12.5 Å². The number of hydrogen-bond donors (Lipinski definition) is 0. The molecule has 0 aliphatic carbocycles. The SMILES string of the molecule is CCC(C)n1cncc1C=O. The van der Waals surface area contributed by atoms with E-state index in [9.17, 15) is 4.79 Å². The molecule has 0 radical (unpaired) electrons. The number of aldehydes is 1. The minimum absolute atomic E-state index is 0.359. The van der Waals surface area contributed by atoms with E-state index in [1.54, 1.807) is 12.5 Å². The van der Waals surface area contributed by atoms with Gasteiger partial charge in [-0.15, -0.1) is 0 Å². The summed E-state index contributed by atoms with van der Waals surface area (Å²) in [6.07, 6.45) is 5.12. The normalized spacial score (nSPS) is 12.9. The van der Waals surface area contributed by atoms with E-state index in [1.807, 2.05) is 4.57 Å². The monoisotopic (exact) mass is 152 g/mol. The second kappa shape index (κ2) is 3.32. The van der Waals surface area contributed by atoms with Gasteiger partial charge in [-0.2, -0.15) is 0 Å². The molecule has 1 unspecified atom stereocenters. The van der Waals surface area contributed by atoms with Crippen molar-refractivity contribution in [3.8, 4) is 0 Å². The molecule has 3 nitrogen and oxygen atoms in total. The van der Waals surface area contributed by atoms with Crippen molar-refractivity contribution in [3.05, 3.63) is 18.2 Å². The number of hydrogen-bond acceptors (Lipinski definition) is 2. The number of nitrogens with zero attached hydrogens (tertiary/aromatic N) is 2. The first-order valence-corrected chi connectivity index (χ1v) is 3.76. The van der Waals surface area contributed by atoms with E-state index in [2.05, 4.69) is 18.8 Å². The Bertz CT molecular complexity index is 242. The minimum Gasteiger partial charge on any atom is -0.326 e. The molecule has 1 heterocycles. The lowest BCUT2D eigenvalue weighted by atomic mass is 10.2. The zero-order valence-electron chi connectivity index (χ0n) is 6.82. The molecule has 0 aliphatic heterocycles. The third-order valence-corrected chi connectivity index (χ3v) is 1.88. The number of rotatable bonds is 3. The van der Waals surface area contributed by atoms with Gasteiger partial charge in [0.15, 0.2) is 6.29 Å². The Morgan fingerprint density at radius 1 is 1.82 bits per heavy atom. The molecule has 0 spiro atoms. The predicted molar refractivity (Wildman–Crippen MR) is 42.6 cm³/mol. The molecule has 1 atom stereocenters. The molecule has 0 saturated heterocycles. The minimum atomic E-state index is 0.359. The van der Waals surface area contributed by atoms with Gasteiger partial charge in [-0.05, 0) is 13.3 Å². The third-order valence-electron chi connectivity index (χ3n) is 1.88. The molecule has 1 rings (SSSR count). The summed E-state index contributed by atoms with van der Waals surface area (Å²) in [5.41, 5.74) is 0.652. The maximum absolute atomic E-state index is 10.4. The van der Waals surface area contributed by atoms with E-state index in [4.69, 9.17) is 0 Å². The second-order valence-electron chi connectivity index (χ2n) is 2.60. The summed E-state index contributed by atoms with van der Waals surface area (Å²) in [5.74, 6) is 0. The van der Waals surface area contributed by atoms with Crippen molar-refractivity contribution in [2.75, 3.05) is 0 Å². The molecule has 1 aromatic heterocycles. The molecular weight excluding hydrogens is 140 g/mol. The van der Waals surface area contributed by atoms with Crippen LogP contribution in [0, 0.1) is 0 Å². The van der Waals surface area contributed by atoms with Gasteiger partial charge in [-0.1, -0.05) is 6.92 Å². The van der Waals surface area contributed by atoms with Crippen LogP contribution in [0.2, 0.25) is 0 Å². The summed E-state index contributed by atoms with van der Waals surface area (Å²) in [5, 5.41) is 0. The first-order chi connectivity index (χ1) is 5.29. The quantitative estimate of drug-likeness (QED) is 0.617. The van der Waals surface area contributed by atoms with Crippen molar-refractivity contribution < 1.29 is 4.79 Å². The lowest BCUT2D eigenvalue weighted by molar-refractivity contribution is 0.111. The molecule has 0 bridgehead atoms. The summed E-state index contributed by atoms with van der Waals surface area (Å²) < 4.78 is 1.88. The van der Waals surface area contributed by atoms with E-state index >= 15 is 0 Å². The molecule has 0 fully saturated rings. The van der Waals surface area contributed by atoms with Crippen molar-refractivity contribution in [2.45, 2.75) is 26.3 Å². The maximum atomic E-state index is 10.4. The van der Waals surface area contributed by atoms with Gasteiger partial charge >= 0.3 is 0 Å². The Morgan fingerprint density at radius 2 is 2.55 bits per heavy atom. The largest absolute Gasteiger partial charge is 0.326 e. The number of carbonyl (C=O) groups is 1. The lowest BCUT2D eigenvalue weighted by Gasteiger charge is -2.10. The van der Waals surface area contributed by atoms with Crippen LogP contribution in [0.4, 0.5) is 0 Å². The van der Waals surface area contributed by atoms with Crippen LogP contribution >= 0.6 is 0 Å². The van der Waals surface area contributed by atoms with Gasteiger partial charge in [-0.25, -0.2) is 4.98 Å². The summed E-state index contributed by atoms with van der Waals surface area (Å²) in [6, 6.07) is 0.359. The predicted octanol–water partition coefficient (Wildman–Crippen LogP) is 1.67. The molecule has 0 aliphatic rings. The Morgan fingerprint density at radius 3 is 3.09 bits per heavy atom. The van der Waals surface area contributed by atoms with E-state index in [-0.39, 0.29) is 0 Å². The van der Waals surface area contributed by atoms with Gasteiger partial charge < -0.3 is 4.57 Å². The smallest absolute Gasteiger partial charge is 0.168 e. The molecule has 11 heavy (non-hydrogen) atoms. The average molecular weight is 152 g/mol. The highest BCUT2D eigenvalue weighted by Gasteiger charge is 2.05. The van der Waals surface area contributed by atoms with Crippen molar-refractivity contribution in [2.24, 2.45) is 0 Å². The van der Waals surface area contributed by atoms with Crippen LogP contribution in [0.1, 0.15) is 36.8 Å². The highest BCUT2D eigenvalue weighted by molar-refractivity contribution is 5.71. The fourth-order valence-corrected chi connectivity index (χ4v) is 0.971. The molecule has 60 valence electrons. The topological polar surface area (TPSA) is 34.9 Å². The number of carbonyl (C=O) groups excluding carboxylic acids is 1. The van der Waals surface area contributed by atoms with E-state index in [0.29, 0.717) is 11.7 Å². The van der Waals surface area contributed by atoms with Crippen molar-refractivity contribution >= 4 is 6.29 Å². The van der Waals surface area contributed by atoms with Crippen LogP contribution < -0.4 is 0 Å². The molecule has 0 N–H and O–H groups in total. The summed E-state index contributed by atoms with van der Waals surface area (Å²) in [6.45, 7) is 4.15. The first-order valence-electron chi connectivity index (χ1n) is 3.76. The number of aromatic nitrogens is 2. The van der Waals surface area contributed by atoms with Gasteiger partial charge in [0.2, 0.25) is 0 Å². The van der Waals surface area contributed by atoms with Gasteiger partial charge in [0.1, 0.15) is 5.69 Å². The number of imidazole rings is 1. The third kappa shape index (κ3) is 1.48. The lowest BCUT2D eigenvalue weighted by Crippen LogP contribution is -2.05. The van der Waals surface area contributed by atoms with Crippen molar-refractivity contribution in [1.29, 1.82) is 0 Å². The van der Waals surface area contributed by atoms with E-state index < -0.39 is 0 Å². The van der Waals surface area contributed by atoms with Crippen LogP contribution in [0.15, 0.2) is 12.5 Å². The Kier molecular flexibility index (Phi) is 2.41. The maximum Gasteiger partial charge on any atom is 0.168 e. The zero-order chi connectivity index (χ0) is 8.27. The van der Waals surface area contributed by atoms with E-state index in [1.165, 1.54) is 0 Å². The molecule has 0 aromatic carbocycles. The van der Waals surface area contributed by atoms with E-state index in [0.717, 1.165) is 12.7 Å². The second-order valence-corrected chi connectivity index (χ2v) is 2.60.